The third-order valence-corrected chi connectivity index (χ3v) is 3.30. The lowest BCUT2D eigenvalue weighted by molar-refractivity contribution is -0.118. The molecule has 0 bridgehead atoms. The summed E-state index contributed by atoms with van der Waals surface area (Å²) in [6.07, 6.45) is 2.01. The number of rotatable bonds is 5. The molecule has 0 unspecified atom stereocenters. The minimum absolute atomic E-state index is 0.311. The summed E-state index contributed by atoms with van der Waals surface area (Å²) in [6.45, 7) is 4.14. The molecular formula is C18H20O. The first-order chi connectivity index (χ1) is 9.13. The van der Waals surface area contributed by atoms with Crippen molar-refractivity contribution in [3.63, 3.8) is 0 Å². The van der Waals surface area contributed by atoms with Crippen molar-refractivity contribution >= 4 is 5.78 Å². The van der Waals surface area contributed by atoms with Crippen LogP contribution in [0.15, 0.2) is 48.5 Å². The van der Waals surface area contributed by atoms with E-state index in [1.807, 2.05) is 12.1 Å². The molecule has 0 atom stereocenters. The van der Waals surface area contributed by atoms with E-state index in [1.54, 1.807) is 0 Å². The lowest BCUT2D eigenvalue weighted by atomic mass is 10.0. The first kappa shape index (κ1) is 13.5. The number of benzene rings is 2. The Morgan fingerprint density at radius 2 is 1.63 bits per heavy atom. The van der Waals surface area contributed by atoms with E-state index in [2.05, 4.69) is 50.2 Å². The van der Waals surface area contributed by atoms with Crippen molar-refractivity contribution in [1.29, 1.82) is 0 Å². The van der Waals surface area contributed by atoms with Gasteiger partial charge in [0.25, 0.3) is 0 Å². The molecule has 0 aliphatic heterocycles. The Kier molecular flexibility index (Phi) is 4.51. The van der Waals surface area contributed by atoms with Gasteiger partial charge in [-0.25, -0.2) is 0 Å². The molecule has 0 fully saturated rings. The van der Waals surface area contributed by atoms with Gasteiger partial charge in [0.15, 0.2) is 0 Å². The minimum Gasteiger partial charge on any atom is -0.299 e. The van der Waals surface area contributed by atoms with Crippen LogP contribution in [-0.4, -0.2) is 5.78 Å². The van der Waals surface area contributed by atoms with E-state index in [9.17, 15) is 4.79 Å². The van der Waals surface area contributed by atoms with Crippen molar-refractivity contribution in [3.8, 4) is 0 Å². The molecule has 0 amide bonds. The Morgan fingerprint density at radius 3 is 2.32 bits per heavy atom. The lowest BCUT2D eigenvalue weighted by Crippen LogP contribution is -2.04. The van der Waals surface area contributed by atoms with Crippen LogP contribution in [-0.2, 0) is 17.6 Å². The van der Waals surface area contributed by atoms with Gasteiger partial charge in [-0.2, -0.15) is 0 Å². The largest absolute Gasteiger partial charge is 0.299 e. The fourth-order valence-corrected chi connectivity index (χ4v) is 2.17. The Hall–Kier alpha value is -1.89. The number of Topliss-reactive ketones (excluding diaryl/α,β-unsaturated/α-hetero) is 1. The predicted molar refractivity (Wildman–Crippen MR) is 79.4 cm³/mol. The van der Waals surface area contributed by atoms with E-state index in [1.165, 1.54) is 16.7 Å². The summed E-state index contributed by atoms with van der Waals surface area (Å²) in [7, 11) is 0. The average Bonchev–Trinajstić information content (AvgIpc) is 2.39. The summed E-state index contributed by atoms with van der Waals surface area (Å²) in [6, 6.07) is 16.6. The Labute approximate surface area is 115 Å². The standard InChI is InChI=1S/C18H20O/c1-14-6-8-17(9-7-14)13-18(19)11-10-16-5-3-4-15(2)12-16/h3-9,12H,10-11,13H2,1-2H3. The fraction of sp³-hybridized carbons (Fsp3) is 0.278. The minimum atomic E-state index is 0.311. The Morgan fingerprint density at radius 1 is 0.895 bits per heavy atom. The lowest BCUT2D eigenvalue weighted by Gasteiger charge is -2.03. The van der Waals surface area contributed by atoms with Crippen molar-refractivity contribution in [2.45, 2.75) is 33.1 Å². The van der Waals surface area contributed by atoms with Crippen molar-refractivity contribution in [1.82, 2.24) is 0 Å². The third-order valence-electron chi connectivity index (χ3n) is 3.30. The smallest absolute Gasteiger partial charge is 0.137 e. The second-order valence-electron chi connectivity index (χ2n) is 5.19. The Balaban J connectivity index is 1.86. The molecule has 0 saturated heterocycles. The maximum atomic E-state index is 12.0. The van der Waals surface area contributed by atoms with Crippen LogP contribution < -0.4 is 0 Å². The van der Waals surface area contributed by atoms with Crippen LogP contribution in [0.25, 0.3) is 0 Å². The van der Waals surface area contributed by atoms with Crippen molar-refractivity contribution in [2.24, 2.45) is 0 Å². The van der Waals surface area contributed by atoms with Gasteiger partial charge >= 0.3 is 0 Å². The highest BCUT2D eigenvalue weighted by molar-refractivity contribution is 5.81. The molecule has 0 aliphatic carbocycles. The van der Waals surface area contributed by atoms with Gasteiger partial charge in [0.1, 0.15) is 5.78 Å². The number of carbonyl (C=O) groups excluding carboxylic acids is 1. The fourth-order valence-electron chi connectivity index (χ4n) is 2.17. The van der Waals surface area contributed by atoms with Gasteiger partial charge in [0.2, 0.25) is 0 Å². The zero-order valence-corrected chi connectivity index (χ0v) is 11.6. The van der Waals surface area contributed by atoms with E-state index in [-0.39, 0.29) is 0 Å². The van der Waals surface area contributed by atoms with E-state index < -0.39 is 0 Å². The molecule has 0 saturated carbocycles. The first-order valence-corrected chi connectivity index (χ1v) is 6.76. The van der Waals surface area contributed by atoms with Gasteiger partial charge < -0.3 is 0 Å². The van der Waals surface area contributed by atoms with Crippen LogP contribution in [0.2, 0.25) is 0 Å². The first-order valence-electron chi connectivity index (χ1n) is 6.76. The van der Waals surface area contributed by atoms with Crippen LogP contribution in [0.1, 0.15) is 28.7 Å². The molecule has 0 heterocycles. The Bertz CT molecular complexity index is 552. The van der Waals surface area contributed by atoms with Crippen molar-refractivity contribution < 1.29 is 4.79 Å². The zero-order valence-electron chi connectivity index (χ0n) is 11.6. The molecule has 98 valence electrons. The van der Waals surface area contributed by atoms with Crippen LogP contribution in [0.5, 0.6) is 0 Å². The normalized spacial score (nSPS) is 10.4. The maximum absolute atomic E-state index is 12.0. The summed E-state index contributed by atoms with van der Waals surface area (Å²) in [5.41, 5.74) is 4.84. The van der Waals surface area contributed by atoms with Gasteiger partial charge in [-0.1, -0.05) is 59.7 Å². The van der Waals surface area contributed by atoms with Gasteiger partial charge in [-0.3, -0.25) is 4.79 Å². The molecular weight excluding hydrogens is 232 g/mol. The highest BCUT2D eigenvalue weighted by Gasteiger charge is 2.04. The second kappa shape index (κ2) is 6.33. The molecule has 0 spiro atoms. The topological polar surface area (TPSA) is 17.1 Å². The van der Waals surface area contributed by atoms with Crippen LogP contribution in [0.4, 0.5) is 0 Å². The quantitative estimate of drug-likeness (QED) is 0.784. The SMILES string of the molecule is Cc1ccc(CC(=O)CCc2cccc(C)c2)cc1. The third kappa shape index (κ3) is 4.36. The number of hydrogen-bond donors (Lipinski definition) is 0. The predicted octanol–water partition coefficient (Wildman–Crippen LogP) is 4.05. The number of hydrogen-bond acceptors (Lipinski definition) is 1. The molecule has 2 aromatic carbocycles. The van der Waals surface area contributed by atoms with E-state index >= 15 is 0 Å². The van der Waals surface area contributed by atoms with Gasteiger partial charge in [0.05, 0.1) is 0 Å². The highest BCUT2D eigenvalue weighted by Crippen LogP contribution is 2.09. The monoisotopic (exact) mass is 252 g/mol. The van der Waals surface area contributed by atoms with Gasteiger partial charge in [0, 0.05) is 12.8 Å². The molecule has 2 aromatic rings. The summed E-state index contributed by atoms with van der Waals surface area (Å²) in [5, 5.41) is 0. The van der Waals surface area contributed by atoms with Gasteiger partial charge in [-0.15, -0.1) is 0 Å². The molecule has 0 radical (unpaired) electrons. The second-order valence-corrected chi connectivity index (χ2v) is 5.19. The molecule has 0 N–H and O–H groups in total. The molecule has 0 aromatic heterocycles. The molecule has 19 heavy (non-hydrogen) atoms. The number of ketones is 1. The van der Waals surface area contributed by atoms with Crippen LogP contribution in [0, 0.1) is 13.8 Å². The average molecular weight is 252 g/mol. The highest BCUT2D eigenvalue weighted by atomic mass is 16.1. The van der Waals surface area contributed by atoms with E-state index in [4.69, 9.17) is 0 Å². The zero-order chi connectivity index (χ0) is 13.7. The van der Waals surface area contributed by atoms with Crippen LogP contribution in [0.3, 0.4) is 0 Å². The molecule has 2 rings (SSSR count). The van der Waals surface area contributed by atoms with Crippen molar-refractivity contribution in [3.05, 3.63) is 70.8 Å². The van der Waals surface area contributed by atoms with E-state index in [0.29, 0.717) is 18.6 Å². The van der Waals surface area contributed by atoms with Crippen LogP contribution >= 0.6 is 0 Å². The number of carbonyl (C=O) groups is 1. The molecule has 1 heteroatoms. The molecule has 1 nitrogen and oxygen atoms in total. The summed E-state index contributed by atoms with van der Waals surface area (Å²) in [5.74, 6) is 0.311. The maximum Gasteiger partial charge on any atom is 0.137 e. The summed E-state index contributed by atoms with van der Waals surface area (Å²) >= 11 is 0. The summed E-state index contributed by atoms with van der Waals surface area (Å²) < 4.78 is 0. The van der Waals surface area contributed by atoms with Gasteiger partial charge in [-0.05, 0) is 31.4 Å². The molecule has 0 aliphatic rings. The number of aryl methyl sites for hydroxylation is 3. The van der Waals surface area contributed by atoms with Crippen molar-refractivity contribution in [2.75, 3.05) is 0 Å². The summed E-state index contributed by atoms with van der Waals surface area (Å²) in [4.78, 5) is 12.0. The van der Waals surface area contributed by atoms with E-state index in [0.717, 1.165) is 12.0 Å².